The van der Waals surface area contributed by atoms with E-state index in [0.29, 0.717) is 18.8 Å². The van der Waals surface area contributed by atoms with E-state index >= 15 is 0 Å². The van der Waals surface area contributed by atoms with Crippen molar-refractivity contribution in [3.05, 3.63) is 89.1 Å². The molecule has 2 aromatic carbocycles. The Morgan fingerprint density at radius 2 is 1.55 bits per heavy atom. The first-order chi connectivity index (χ1) is 14.9. The highest BCUT2D eigenvalue weighted by atomic mass is 32.2. The Morgan fingerprint density at radius 1 is 0.935 bits per heavy atom. The Balaban J connectivity index is 1.41. The molecule has 4 rings (SSSR count). The molecule has 0 aliphatic carbocycles. The summed E-state index contributed by atoms with van der Waals surface area (Å²) < 4.78 is 28.4. The van der Waals surface area contributed by atoms with Gasteiger partial charge in [-0.05, 0) is 36.8 Å². The molecule has 8 heteroatoms. The minimum Gasteiger partial charge on any atom is -0.335 e. The molecule has 0 atom stereocenters. The Hall–Kier alpha value is -3.23. The molecule has 1 aliphatic rings. The largest absolute Gasteiger partial charge is 0.335 e. The van der Waals surface area contributed by atoms with E-state index in [-0.39, 0.29) is 19.0 Å². The summed E-state index contributed by atoms with van der Waals surface area (Å²) in [6, 6.07) is 20.7. The second-order valence-electron chi connectivity index (χ2n) is 7.37. The zero-order chi connectivity index (χ0) is 21.8. The van der Waals surface area contributed by atoms with Gasteiger partial charge < -0.3 is 4.90 Å². The monoisotopic (exact) mass is 436 g/mol. The van der Waals surface area contributed by atoms with E-state index in [2.05, 4.69) is 5.10 Å². The van der Waals surface area contributed by atoms with E-state index in [9.17, 15) is 13.2 Å². The van der Waals surface area contributed by atoms with Crippen LogP contribution >= 0.6 is 0 Å². The third kappa shape index (κ3) is 4.76. The number of carbonyl (C=O) groups excluding carboxylic acids is 1. The van der Waals surface area contributed by atoms with E-state index in [1.165, 1.54) is 9.71 Å². The van der Waals surface area contributed by atoms with Gasteiger partial charge in [0.05, 0.1) is 5.69 Å². The number of aromatic nitrogens is 2. The number of aryl methyl sites for hydroxylation is 1. The predicted octanol–water partition coefficient (Wildman–Crippen LogP) is 2.94. The SMILES string of the molecule is Cc1cc(C(=O)N2CCN(S(=O)(=O)/C=C/c3ccccc3)CC2)nn1-c1ccccc1. The molecular formula is C23H24N4O3S. The quantitative estimate of drug-likeness (QED) is 0.616. The number of carbonyl (C=O) groups is 1. The molecule has 1 amide bonds. The van der Waals surface area contributed by atoms with Crippen LogP contribution in [0.4, 0.5) is 0 Å². The number of rotatable bonds is 5. The summed E-state index contributed by atoms with van der Waals surface area (Å²) in [5.41, 5.74) is 2.94. The average molecular weight is 437 g/mol. The number of amides is 1. The summed E-state index contributed by atoms with van der Waals surface area (Å²) in [7, 11) is -3.54. The lowest BCUT2D eigenvalue weighted by Gasteiger charge is -2.32. The normalized spacial score (nSPS) is 15.5. The van der Waals surface area contributed by atoms with E-state index in [1.54, 1.807) is 21.7 Å². The molecule has 0 saturated carbocycles. The van der Waals surface area contributed by atoms with Crippen molar-refractivity contribution in [1.29, 1.82) is 0 Å². The lowest BCUT2D eigenvalue weighted by Crippen LogP contribution is -2.50. The number of para-hydroxylation sites is 1. The summed E-state index contributed by atoms with van der Waals surface area (Å²) in [5, 5.41) is 5.70. The van der Waals surface area contributed by atoms with Crippen molar-refractivity contribution < 1.29 is 13.2 Å². The van der Waals surface area contributed by atoms with Gasteiger partial charge in [-0.1, -0.05) is 48.5 Å². The summed E-state index contributed by atoms with van der Waals surface area (Å²) >= 11 is 0. The minimum absolute atomic E-state index is 0.186. The zero-order valence-electron chi connectivity index (χ0n) is 17.3. The Labute approximate surface area is 182 Å². The molecule has 1 aromatic heterocycles. The summed E-state index contributed by atoms with van der Waals surface area (Å²) in [5.74, 6) is -0.186. The van der Waals surface area contributed by atoms with Crippen LogP contribution in [-0.2, 0) is 10.0 Å². The van der Waals surface area contributed by atoms with Crippen molar-refractivity contribution in [2.45, 2.75) is 6.92 Å². The number of piperazine rings is 1. The lowest BCUT2D eigenvalue weighted by atomic mass is 10.2. The fourth-order valence-corrected chi connectivity index (χ4v) is 4.71. The van der Waals surface area contributed by atoms with Crippen LogP contribution in [0.25, 0.3) is 11.8 Å². The molecule has 160 valence electrons. The van der Waals surface area contributed by atoms with Crippen molar-refractivity contribution in [2.24, 2.45) is 0 Å². The van der Waals surface area contributed by atoms with Crippen molar-refractivity contribution in [3.8, 4) is 5.69 Å². The van der Waals surface area contributed by atoms with Crippen LogP contribution < -0.4 is 0 Å². The highest BCUT2D eigenvalue weighted by Gasteiger charge is 2.29. The second-order valence-corrected chi connectivity index (χ2v) is 9.19. The number of hydrogen-bond donors (Lipinski definition) is 0. The van der Waals surface area contributed by atoms with Crippen LogP contribution in [0.3, 0.4) is 0 Å². The molecular weight excluding hydrogens is 412 g/mol. The lowest BCUT2D eigenvalue weighted by molar-refractivity contribution is 0.0692. The highest BCUT2D eigenvalue weighted by molar-refractivity contribution is 7.92. The maximum Gasteiger partial charge on any atom is 0.274 e. The smallest absolute Gasteiger partial charge is 0.274 e. The first-order valence-corrected chi connectivity index (χ1v) is 11.6. The minimum atomic E-state index is -3.54. The van der Waals surface area contributed by atoms with Crippen LogP contribution in [0.15, 0.2) is 72.1 Å². The van der Waals surface area contributed by atoms with Gasteiger partial charge in [-0.25, -0.2) is 13.1 Å². The van der Waals surface area contributed by atoms with E-state index in [4.69, 9.17) is 0 Å². The summed E-state index contributed by atoms with van der Waals surface area (Å²) in [6.07, 6.45) is 1.59. The first kappa shape index (κ1) is 21.0. The Kier molecular flexibility index (Phi) is 6.01. The maximum absolute atomic E-state index is 12.9. The van der Waals surface area contributed by atoms with Crippen LogP contribution in [0.2, 0.25) is 0 Å². The molecule has 1 fully saturated rings. The third-order valence-corrected chi connectivity index (χ3v) is 6.79. The topological polar surface area (TPSA) is 75.5 Å². The second kappa shape index (κ2) is 8.87. The maximum atomic E-state index is 12.9. The van der Waals surface area contributed by atoms with E-state index < -0.39 is 10.0 Å². The van der Waals surface area contributed by atoms with Crippen molar-refractivity contribution in [1.82, 2.24) is 19.0 Å². The Morgan fingerprint density at radius 3 is 2.19 bits per heavy atom. The van der Waals surface area contributed by atoms with Crippen LogP contribution in [0.1, 0.15) is 21.7 Å². The molecule has 0 spiro atoms. The first-order valence-electron chi connectivity index (χ1n) is 10.1. The molecule has 0 bridgehead atoms. The highest BCUT2D eigenvalue weighted by Crippen LogP contribution is 2.16. The molecule has 0 radical (unpaired) electrons. The third-order valence-electron chi connectivity index (χ3n) is 5.23. The standard InChI is InChI=1S/C23H24N4O3S/c1-19-18-22(24-27(19)21-10-6-3-7-11-21)23(28)25-13-15-26(16-14-25)31(29,30)17-12-20-8-4-2-5-9-20/h2-12,17-18H,13-16H2,1H3/b17-12+. The van der Waals surface area contributed by atoms with Gasteiger partial charge in [0.15, 0.2) is 5.69 Å². The summed E-state index contributed by atoms with van der Waals surface area (Å²) in [4.78, 5) is 14.6. The molecule has 0 N–H and O–H groups in total. The fraction of sp³-hybridized carbons (Fsp3) is 0.217. The molecule has 3 aromatic rings. The van der Waals surface area contributed by atoms with E-state index in [1.807, 2.05) is 67.6 Å². The zero-order valence-corrected chi connectivity index (χ0v) is 18.1. The molecule has 1 aliphatic heterocycles. The Bertz CT molecular complexity index is 1180. The molecule has 31 heavy (non-hydrogen) atoms. The van der Waals surface area contributed by atoms with Crippen molar-refractivity contribution in [2.75, 3.05) is 26.2 Å². The van der Waals surface area contributed by atoms with Gasteiger partial charge >= 0.3 is 0 Å². The van der Waals surface area contributed by atoms with Gasteiger partial charge in [-0.15, -0.1) is 0 Å². The molecule has 1 saturated heterocycles. The molecule has 7 nitrogen and oxygen atoms in total. The van der Waals surface area contributed by atoms with Crippen LogP contribution in [0.5, 0.6) is 0 Å². The summed E-state index contributed by atoms with van der Waals surface area (Å²) in [6.45, 7) is 3.07. The van der Waals surface area contributed by atoms with Crippen molar-refractivity contribution >= 4 is 22.0 Å². The van der Waals surface area contributed by atoms with Gasteiger partial charge in [0.25, 0.3) is 5.91 Å². The predicted molar refractivity (Wildman–Crippen MR) is 120 cm³/mol. The van der Waals surface area contributed by atoms with Crippen LogP contribution in [0, 0.1) is 6.92 Å². The van der Waals surface area contributed by atoms with Crippen molar-refractivity contribution in [3.63, 3.8) is 0 Å². The van der Waals surface area contributed by atoms with Crippen LogP contribution in [-0.4, -0.2) is 59.5 Å². The number of sulfonamides is 1. The van der Waals surface area contributed by atoms with Gasteiger partial charge in [0.1, 0.15) is 0 Å². The fourth-order valence-electron chi connectivity index (χ4n) is 3.53. The molecule has 2 heterocycles. The average Bonchev–Trinajstić information content (AvgIpc) is 3.20. The van der Waals surface area contributed by atoms with Gasteiger partial charge in [0.2, 0.25) is 10.0 Å². The number of benzene rings is 2. The van der Waals surface area contributed by atoms with Gasteiger partial charge in [-0.3, -0.25) is 4.79 Å². The van der Waals surface area contributed by atoms with E-state index in [0.717, 1.165) is 16.9 Å². The molecule has 0 unspecified atom stereocenters. The number of nitrogens with zero attached hydrogens (tertiary/aromatic N) is 4. The number of hydrogen-bond acceptors (Lipinski definition) is 4. The van der Waals surface area contributed by atoms with Gasteiger partial charge in [-0.2, -0.15) is 9.40 Å². The van der Waals surface area contributed by atoms with Gasteiger partial charge in [0, 0.05) is 37.3 Å².